The molecule has 1 aliphatic rings. The smallest absolute Gasteiger partial charge is 0.338 e. The van der Waals surface area contributed by atoms with E-state index in [-0.39, 0.29) is 11.9 Å². The SMILES string of the molecule is CCCOc1ccc(C(=O)OCC(=O)Nc2ccccc2C(=O)NC2CCCC2)cc1. The van der Waals surface area contributed by atoms with E-state index in [9.17, 15) is 14.4 Å². The number of benzene rings is 2. The summed E-state index contributed by atoms with van der Waals surface area (Å²) in [5.74, 6) is -0.671. The van der Waals surface area contributed by atoms with Gasteiger partial charge in [0.05, 0.1) is 23.4 Å². The summed E-state index contributed by atoms with van der Waals surface area (Å²) < 4.78 is 10.6. The van der Waals surface area contributed by atoms with Crippen molar-refractivity contribution in [3.63, 3.8) is 0 Å². The van der Waals surface area contributed by atoms with Crippen LogP contribution in [0.2, 0.25) is 0 Å². The number of carbonyl (C=O) groups excluding carboxylic acids is 3. The molecule has 31 heavy (non-hydrogen) atoms. The monoisotopic (exact) mass is 424 g/mol. The third kappa shape index (κ3) is 6.57. The number of hydrogen-bond donors (Lipinski definition) is 2. The van der Waals surface area contributed by atoms with E-state index in [1.54, 1.807) is 48.5 Å². The van der Waals surface area contributed by atoms with Crippen LogP contribution in [0.15, 0.2) is 48.5 Å². The minimum Gasteiger partial charge on any atom is -0.494 e. The van der Waals surface area contributed by atoms with Gasteiger partial charge in [0, 0.05) is 6.04 Å². The van der Waals surface area contributed by atoms with Gasteiger partial charge in [-0.25, -0.2) is 4.79 Å². The van der Waals surface area contributed by atoms with E-state index in [0.29, 0.717) is 29.2 Å². The van der Waals surface area contributed by atoms with Gasteiger partial charge in [0.15, 0.2) is 6.61 Å². The van der Waals surface area contributed by atoms with Crippen molar-refractivity contribution in [2.75, 3.05) is 18.5 Å². The molecular formula is C24H28N2O5. The second kappa shape index (κ2) is 11.2. The van der Waals surface area contributed by atoms with Crippen LogP contribution in [0, 0.1) is 0 Å². The van der Waals surface area contributed by atoms with Crippen molar-refractivity contribution in [3.05, 3.63) is 59.7 Å². The largest absolute Gasteiger partial charge is 0.494 e. The molecule has 2 aromatic carbocycles. The highest BCUT2D eigenvalue weighted by Crippen LogP contribution is 2.20. The number of carbonyl (C=O) groups is 3. The van der Waals surface area contributed by atoms with Gasteiger partial charge in [0.2, 0.25) is 0 Å². The fraction of sp³-hybridized carbons (Fsp3) is 0.375. The topological polar surface area (TPSA) is 93.7 Å². The van der Waals surface area contributed by atoms with E-state index in [1.165, 1.54) is 0 Å². The van der Waals surface area contributed by atoms with E-state index < -0.39 is 18.5 Å². The van der Waals surface area contributed by atoms with Crippen molar-refractivity contribution in [1.82, 2.24) is 5.32 Å². The van der Waals surface area contributed by atoms with E-state index in [2.05, 4.69) is 10.6 Å². The van der Waals surface area contributed by atoms with Crippen LogP contribution in [0.1, 0.15) is 59.7 Å². The maximum Gasteiger partial charge on any atom is 0.338 e. The maximum atomic E-state index is 12.6. The maximum absolute atomic E-state index is 12.6. The van der Waals surface area contributed by atoms with Crippen molar-refractivity contribution in [2.45, 2.75) is 45.1 Å². The second-order valence-corrected chi connectivity index (χ2v) is 7.50. The first-order chi connectivity index (χ1) is 15.1. The summed E-state index contributed by atoms with van der Waals surface area (Å²) in [6, 6.07) is 13.5. The van der Waals surface area contributed by atoms with Gasteiger partial charge in [-0.2, -0.15) is 0 Å². The van der Waals surface area contributed by atoms with Gasteiger partial charge in [-0.1, -0.05) is 31.9 Å². The molecular weight excluding hydrogens is 396 g/mol. The van der Waals surface area contributed by atoms with Crippen molar-refractivity contribution in [1.29, 1.82) is 0 Å². The zero-order chi connectivity index (χ0) is 22.1. The Labute approximate surface area is 182 Å². The molecule has 1 fully saturated rings. The molecule has 0 atom stereocenters. The number of ether oxygens (including phenoxy) is 2. The first-order valence-corrected chi connectivity index (χ1v) is 10.7. The summed E-state index contributed by atoms with van der Waals surface area (Å²) in [5, 5.41) is 5.67. The van der Waals surface area contributed by atoms with Crippen LogP contribution in [-0.2, 0) is 9.53 Å². The lowest BCUT2D eigenvalue weighted by Crippen LogP contribution is -2.33. The summed E-state index contributed by atoms with van der Waals surface area (Å²) in [4.78, 5) is 37.1. The molecule has 2 N–H and O–H groups in total. The van der Waals surface area contributed by atoms with Crippen LogP contribution < -0.4 is 15.4 Å². The zero-order valence-corrected chi connectivity index (χ0v) is 17.7. The van der Waals surface area contributed by atoms with Crippen molar-refractivity contribution in [2.24, 2.45) is 0 Å². The Balaban J connectivity index is 1.52. The minimum atomic E-state index is -0.607. The lowest BCUT2D eigenvalue weighted by Gasteiger charge is -2.15. The predicted molar refractivity (Wildman–Crippen MR) is 117 cm³/mol. The fourth-order valence-electron chi connectivity index (χ4n) is 3.43. The molecule has 0 saturated heterocycles. The molecule has 0 bridgehead atoms. The molecule has 3 rings (SSSR count). The number of hydrogen-bond acceptors (Lipinski definition) is 5. The Bertz CT molecular complexity index is 904. The average molecular weight is 424 g/mol. The van der Waals surface area contributed by atoms with E-state index in [1.807, 2.05) is 6.92 Å². The molecule has 2 amide bonds. The van der Waals surface area contributed by atoms with E-state index in [4.69, 9.17) is 9.47 Å². The molecule has 164 valence electrons. The Hall–Kier alpha value is -3.35. The minimum absolute atomic E-state index is 0.177. The number of nitrogens with one attached hydrogen (secondary N) is 2. The predicted octanol–water partition coefficient (Wildman–Crippen LogP) is 3.94. The number of anilines is 1. The standard InChI is InChI=1S/C24H28N2O5/c1-2-15-30-19-13-11-17(12-14-19)24(29)31-16-22(27)26-21-10-6-5-9-20(21)23(28)25-18-7-3-4-8-18/h5-6,9-14,18H,2-4,7-8,15-16H2,1H3,(H,25,28)(H,26,27). The lowest BCUT2D eigenvalue weighted by atomic mass is 10.1. The Morgan fingerprint density at radius 3 is 2.42 bits per heavy atom. The second-order valence-electron chi connectivity index (χ2n) is 7.50. The van der Waals surface area contributed by atoms with Gasteiger partial charge in [-0.3, -0.25) is 9.59 Å². The van der Waals surface area contributed by atoms with Gasteiger partial charge in [-0.05, 0) is 55.7 Å². The third-order valence-corrected chi connectivity index (χ3v) is 5.03. The summed E-state index contributed by atoms with van der Waals surface area (Å²) >= 11 is 0. The first kappa shape index (κ1) is 22.3. The van der Waals surface area contributed by atoms with Crippen LogP contribution >= 0.6 is 0 Å². The van der Waals surface area contributed by atoms with Crippen LogP contribution in [-0.4, -0.2) is 37.0 Å². The molecule has 1 saturated carbocycles. The Kier molecular flexibility index (Phi) is 8.04. The highest BCUT2D eigenvalue weighted by atomic mass is 16.5. The van der Waals surface area contributed by atoms with Crippen LogP contribution in [0.5, 0.6) is 5.75 Å². The molecule has 0 radical (unpaired) electrons. The van der Waals surface area contributed by atoms with Gasteiger partial charge in [-0.15, -0.1) is 0 Å². The zero-order valence-electron chi connectivity index (χ0n) is 17.7. The summed E-state index contributed by atoms with van der Waals surface area (Å²) in [5.41, 5.74) is 1.10. The van der Waals surface area contributed by atoms with Crippen molar-refractivity contribution >= 4 is 23.5 Å². The first-order valence-electron chi connectivity index (χ1n) is 10.7. The number of amides is 2. The number of para-hydroxylation sites is 1. The quantitative estimate of drug-likeness (QED) is 0.595. The van der Waals surface area contributed by atoms with Crippen molar-refractivity contribution in [3.8, 4) is 5.75 Å². The normalized spacial score (nSPS) is 13.5. The Morgan fingerprint density at radius 1 is 1.00 bits per heavy atom. The Morgan fingerprint density at radius 2 is 1.71 bits per heavy atom. The molecule has 0 aromatic heterocycles. The fourth-order valence-corrected chi connectivity index (χ4v) is 3.43. The lowest BCUT2D eigenvalue weighted by molar-refractivity contribution is -0.119. The number of rotatable bonds is 9. The van der Waals surface area contributed by atoms with Gasteiger partial charge in [0.1, 0.15) is 5.75 Å². The van der Waals surface area contributed by atoms with Gasteiger partial charge in [0.25, 0.3) is 11.8 Å². The summed E-state index contributed by atoms with van der Waals surface area (Å²) in [7, 11) is 0. The van der Waals surface area contributed by atoms with Gasteiger partial charge < -0.3 is 20.1 Å². The van der Waals surface area contributed by atoms with Crippen LogP contribution in [0.25, 0.3) is 0 Å². The molecule has 7 nitrogen and oxygen atoms in total. The molecule has 7 heteroatoms. The molecule has 1 aliphatic carbocycles. The molecule has 0 spiro atoms. The van der Waals surface area contributed by atoms with E-state index in [0.717, 1.165) is 32.1 Å². The summed E-state index contributed by atoms with van der Waals surface area (Å²) in [6.45, 7) is 2.16. The van der Waals surface area contributed by atoms with Crippen LogP contribution in [0.3, 0.4) is 0 Å². The molecule has 2 aromatic rings. The molecule has 0 heterocycles. The van der Waals surface area contributed by atoms with E-state index >= 15 is 0 Å². The van der Waals surface area contributed by atoms with Gasteiger partial charge >= 0.3 is 5.97 Å². The van der Waals surface area contributed by atoms with Crippen LogP contribution in [0.4, 0.5) is 5.69 Å². The average Bonchev–Trinajstić information content (AvgIpc) is 3.29. The van der Waals surface area contributed by atoms with Crippen molar-refractivity contribution < 1.29 is 23.9 Å². The third-order valence-electron chi connectivity index (χ3n) is 5.03. The molecule has 0 aliphatic heterocycles. The summed E-state index contributed by atoms with van der Waals surface area (Å²) in [6.07, 6.45) is 5.07. The highest BCUT2D eigenvalue weighted by Gasteiger charge is 2.20. The highest BCUT2D eigenvalue weighted by molar-refractivity contribution is 6.04. The molecule has 0 unspecified atom stereocenters. The number of esters is 1.